The maximum absolute atomic E-state index is 13.2. The van der Waals surface area contributed by atoms with Crippen molar-refractivity contribution < 1.29 is 18.7 Å². The van der Waals surface area contributed by atoms with Gasteiger partial charge in [0.15, 0.2) is 5.82 Å². The molecule has 2 N–H and O–H groups in total. The molecule has 1 aromatic carbocycles. The van der Waals surface area contributed by atoms with Crippen LogP contribution in [0, 0.1) is 12.7 Å². The van der Waals surface area contributed by atoms with Crippen molar-refractivity contribution >= 4 is 27.5 Å². The molecule has 1 aliphatic heterocycles. The Bertz CT molecular complexity index is 1150. The molecule has 8 nitrogen and oxygen atoms in total. The lowest BCUT2D eigenvalue weighted by atomic mass is 9.99. The molecule has 34 heavy (non-hydrogen) atoms. The van der Waals surface area contributed by atoms with E-state index in [9.17, 15) is 9.18 Å². The van der Waals surface area contributed by atoms with E-state index >= 15 is 0 Å². The first-order valence-electron chi connectivity index (χ1n) is 11.3. The van der Waals surface area contributed by atoms with Crippen molar-refractivity contribution in [3.63, 3.8) is 0 Å². The highest BCUT2D eigenvalue weighted by molar-refractivity contribution is 7.20. The van der Waals surface area contributed by atoms with Crippen LogP contribution in [0.1, 0.15) is 51.9 Å². The van der Waals surface area contributed by atoms with Gasteiger partial charge in [0.05, 0.1) is 17.4 Å². The van der Waals surface area contributed by atoms with E-state index in [0.29, 0.717) is 29.2 Å². The first kappa shape index (κ1) is 24.5. The molecule has 0 saturated carbocycles. The molecule has 2 atom stereocenters. The Kier molecular flexibility index (Phi) is 7.72. The minimum absolute atomic E-state index is 0.0301. The number of ether oxygens (including phenoxy) is 2. The van der Waals surface area contributed by atoms with Crippen LogP contribution in [0.3, 0.4) is 0 Å². The summed E-state index contributed by atoms with van der Waals surface area (Å²) in [5.41, 5.74) is 8.52. The highest BCUT2D eigenvalue weighted by atomic mass is 32.1. The van der Waals surface area contributed by atoms with Crippen molar-refractivity contribution in [1.29, 1.82) is 0 Å². The van der Waals surface area contributed by atoms with E-state index in [1.165, 1.54) is 23.5 Å². The average molecular weight is 488 g/mol. The highest BCUT2D eigenvalue weighted by Gasteiger charge is 2.26. The summed E-state index contributed by atoms with van der Waals surface area (Å²) in [6.45, 7) is 2.83. The van der Waals surface area contributed by atoms with Crippen LogP contribution in [0.15, 0.2) is 24.3 Å². The number of hydrogen-bond acceptors (Lipinski definition) is 8. The highest BCUT2D eigenvalue weighted by Crippen LogP contribution is 2.35. The van der Waals surface area contributed by atoms with Crippen LogP contribution in [-0.4, -0.2) is 54.6 Å². The number of nitrogens with zero attached hydrogens (tertiary/aromatic N) is 3. The number of amides is 1. The molecule has 2 unspecified atom stereocenters. The predicted octanol–water partition coefficient (Wildman–Crippen LogP) is 3.75. The van der Waals surface area contributed by atoms with Gasteiger partial charge in [-0.2, -0.15) is 4.98 Å². The van der Waals surface area contributed by atoms with E-state index in [-0.39, 0.29) is 24.4 Å². The summed E-state index contributed by atoms with van der Waals surface area (Å²) in [6.07, 6.45) is 2.71. The summed E-state index contributed by atoms with van der Waals surface area (Å²) in [7, 11) is 4.98. The largest absolute Gasteiger partial charge is 0.480 e. The zero-order chi connectivity index (χ0) is 24.2. The van der Waals surface area contributed by atoms with E-state index in [0.717, 1.165) is 40.6 Å². The fourth-order valence-electron chi connectivity index (χ4n) is 4.26. The molecular weight excluding hydrogens is 457 g/mol. The number of fused-ring (bicyclic) bond motifs is 1. The Hall–Kier alpha value is -2.66. The second-order valence-corrected chi connectivity index (χ2v) is 9.51. The van der Waals surface area contributed by atoms with E-state index in [2.05, 4.69) is 20.8 Å². The van der Waals surface area contributed by atoms with Gasteiger partial charge in [-0.1, -0.05) is 12.1 Å². The summed E-state index contributed by atoms with van der Waals surface area (Å²) in [5.74, 6) is 0.728. The molecule has 1 fully saturated rings. The van der Waals surface area contributed by atoms with Gasteiger partial charge in [0.25, 0.3) is 5.91 Å². The molecule has 0 spiro atoms. The van der Waals surface area contributed by atoms with E-state index in [1.807, 2.05) is 26.1 Å². The lowest BCUT2D eigenvalue weighted by Gasteiger charge is -2.18. The number of carbonyl (C=O) groups is 1. The summed E-state index contributed by atoms with van der Waals surface area (Å²) in [5, 5.41) is 0.775. The molecular formula is C24H30FN5O3S. The standard InChI is InChI=1S/C24H30FN5O3S/c1-14-20-22(33-4)26-19(13-32-3)27-23(20)34-21(14)24(31)30(2)11-5-6-17-12-18(29-28-17)15-7-9-16(25)10-8-15/h7-10,17-18,28-29H,5-6,11-13H2,1-4H3. The Labute approximate surface area is 202 Å². The van der Waals surface area contributed by atoms with Gasteiger partial charge >= 0.3 is 0 Å². The molecule has 0 aliphatic carbocycles. The molecule has 1 amide bonds. The van der Waals surface area contributed by atoms with Crippen molar-refractivity contribution in [3.05, 3.63) is 51.9 Å². The number of aryl methyl sites for hydroxylation is 1. The third-order valence-corrected chi connectivity index (χ3v) is 7.29. The van der Waals surface area contributed by atoms with Crippen LogP contribution < -0.4 is 15.6 Å². The Morgan fingerprint density at radius 1 is 1.24 bits per heavy atom. The second kappa shape index (κ2) is 10.7. The van der Waals surface area contributed by atoms with Gasteiger partial charge in [-0.3, -0.25) is 15.6 Å². The number of halogens is 1. The van der Waals surface area contributed by atoms with Crippen molar-refractivity contribution in [2.24, 2.45) is 0 Å². The normalized spacial score (nSPS) is 17.9. The molecule has 10 heteroatoms. The molecule has 0 bridgehead atoms. The number of aromatic nitrogens is 2. The van der Waals surface area contributed by atoms with Crippen LogP contribution in [0.2, 0.25) is 0 Å². The molecule has 3 heterocycles. The smallest absolute Gasteiger partial charge is 0.264 e. The van der Waals surface area contributed by atoms with Gasteiger partial charge in [0, 0.05) is 32.8 Å². The number of methoxy groups -OCH3 is 2. The van der Waals surface area contributed by atoms with Gasteiger partial charge < -0.3 is 14.4 Å². The van der Waals surface area contributed by atoms with Crippen molar-refractivity contribution in [2.45, 2.75) is 44.9 Å². The first-order valence-corrected chi connectivity index (χ1v) is 12.1. The third-order valence-electron chi connectivity index (χ3n) is 6.11. The third kappa shape index (κ3) is 5.20. The molecule has 182 valence electrons. The molecule has 1 aliphatic rings. The van der Waals surface area contributed by atoms with Crippen LogP contribution >= 0.6 is 11.3 Å². The maximum atomic E-state index is 13.2. The Morgan fingerprint density at radius 2 is 2.00 bits per heavy atom. The van der Waals surface area contributed by atoms with Gasteiger partial charge in [0.2, 0.25) is 5.88 Å². The average Bonchev–Trinajstić information content (AvgIpc) is 3.43. The zero-order valence-electron chi connectivity index (χ0n) is 19.9. The van der Waals surface area contributed by atoms with Gasteiger partial charge in [-0.25, -0.2) is 9.37 Å². The van der Waals surface area contributed by atoms with Gasteiger partial charge in [-0.15, -0.1) is 11.3 Å². The second-order valence-electron chi connectivity index (χ2n) is 8.51. The molecule has 4 rings (SSSR count). The van der Waals surface area contributed by atoms with E-state index < -0.39 is 0 Å². The summed E-state index contributed by atoms with van der Waals surface area (Å²) < 4.78 is 23.8. The maximum Gasteiger partial charge on any atom is 0.264 e. The molecule has 2 aromatic heterocycles. The topological polar surface area (TPSA) is 88.6 Å². The number of nitrogens with one attached hydrogen (secondary N) is 2. The summed E-state index contributed by atoms with van der Waals surface area (Å²) in [6, 6.07) is 7.05. The SMILES string of the molecule is COCc1nc(OC)c2c(C)c(C(=O)N(C)CCCC3CC(c4ccc(F)cc4)NN3)sc2n1. The summed E-state index contributed by atoms with van der Waals surface area (Å²) in [4.78, 5) is 25.3. The van der Waals surface area contributed by atoms with Crippen LogP contribution in [-0.2, 0) is 11.3 Å². The minimum Gasteiger partial charge on any atom is -0.480 e. The van der Waals surface area contributed by atoms with Crippen molar-refractivity contribution in [1.82, 2.24) is 25.7 Å². The van der Waals surface area contributed by atoms with Crippen molar-refractivity contribution in [3.8, 4) is 5.88 Å². The predicted molar refractivity (Wildman–Crippen MR) is 129 cm³/mol. The van der Waals surface area contributed by atoms with Crippen molar-refractivity contribution in [2.75, 3.05) is 27.8 Å². The number of rotatable bonds is 9. The van der Waals surface area contributed by atoms with Gasteiger partial charge in [-0.05, 0) is 49.4 Å². The zero-order valence-corrected chi connectivity index (χ0v) is 20.7. The monoisotopic (exact) mass is 487 g/mol. The van der Waals surface area contributed by atoms with Crippen LogP contribution in [0.5, 0.6) is 5.88 Å². The van der Waals surface area contributed by atoms with Crippen LogP contribution in [0.25, 0.3) is 10.2 Å². The number of thiophene rings is 1. The first-order chi connectivity index (χ1) is 16.4. The fourth-order valence-corrected chi connectivity index (χ4v) is 5.45. The lowest BCUT2D eigenvalue weighted by molar-refractivity contribution is 0.0796. The fraction of sp³-hybridized carbons (Fsp3) is 0.458. The number of hydrazine groups is 1. The molecule has 1 saturated heterocycles. The molecule has 0 radical (unpaired) electrons. The Balaban J connectivity index is 1.35. The van der Waals surface area contributed by atoms with Gasteiger partial charge in [0.1, 0.15) is 17.3 Å². The van der Waals surface area contributed by atoms with Crippen LogP contribution in [0.4, 0.5) is 4.39 Å². The summed E-state index contributed by atoms with van der Waals surface area (Å²) >= 11 is 1.36. The number of hydrogen-bond donors (Lipinski definition) is 2. The van der Waals surface area contributed by atoms with E-state index in [4.69, 9.17) is 9.47 Å². The Morgan fingerprint density at radius 3 is 2.71 bits per heavy atom. The number of carbonyl (C=O) groups excluding carboxylic acids is 1. The molecule has 3 aromatic rings. The minimum atomic E-state index is -0.228. The lowest BCUT2D eigenvalue weighted by Crippen LogP contribution is -2.32. The number of benzene rings is 1. The van der Waals surface area contributed by atoms with E-state index in [1.54, 1.807) is 19.1 Å². The quantitative estimate of drug-likeness (QED) is 0.475.